The van der Waals surface area contributed by atoms with Crippen LogP contribution in [0.2, 0.25) is 0 Å². The second-order valence-corrected chi connectivity index (χ2v) is 7.48. The summed E-state index contributed by atoms with van der Waals surface area (Å²) in [6, 6.07) is 1.99. The summed E-state index contributed by atoms with van der Waals surface area (Å²) in [5.41, 5.74) is 1.02. The molecule has 0 amide bonds. The molecule has 1 unspecified atom stereocenters. The van der Waals surface area contributed by atoms with Crippen LogP contribution in [-0.4, -0.2) is 28.3 Å². The molecule has 21 heavy (non-hydrogen) atoms. The molecule has 4 nitrogen and oxygen atoms in total. The van der Waals surface area contributed by atoms with Crippen molar-refractivity contribution in [2.75, 3.05) is 12.3 Å². The van der Waals surface area contributed by atoms with E-state index in [1.807, 2.05) is 0 Å². The van der Waals surface area contributed by atoms with Gasteiger partial charge in [-0.05, 0) is 24.8 Å². The van der Waals surface area contributed by atoms with Crippen molar-refractivity contribution in [2.24, 2.45) is 5.41 Å². The van der Waals surface area contributed by atoms with Crippen LogP contribution in [0.1, 0.15) is 53.2 Å². The lowest BCUT2D eigenvalue weighted by atomic mass is 9.88. The van der Waals surface area contributed by atoms with E-state index in [-0.39, 0.29) is 11.0 Å². The molecule has 5 heteroatoms. The van der Waals surface area contributed by atoms with Gasteiger partial charge < -0.3 is 10.3 Å². The van der Waals surface area contributed by atoms with E-state index in [2.05, 4.69) is 49.9 Å². The fourth-order valence-electron chi connectivity index (χ4n) is 2.03. The molecular weight excluding hydrogens is 282 g/mol. The van der Waals surface area contributed by atoms with Gasteiger partial charge >= 0.3 is 0 Å². The molecule has 0 saturated carbocycles. The number of H-pyrrole nitrogens is 1. The van der Waals surface area contributed by atoms with Crippen LogP contribution in [-0.2, 0) is 6.42 Å². The summed E-state index contributed by atoms with van der Waals surface area (Å²) in [6.07, 6.45) is 2.98. The zero-order chi connectivity index (χ0) is 15.9. The van der Waals surface area contributed by atoms with Gasteiger partial charge in [-0.3, -0.25) is 4.79 Å². The van der Waals surface area contributed by atoms with E-state index in [1.165, 1.54) is 0 Å². The highest BCUT2D eigenvalue weighted by Crippen LogP contribution is 2.24. The third-order valence-corrected chi connectivity index (χ3v) is 4.32. The molecule has 1 heterocycles. The van der Waals surface area contributed by atoms with Crippen LogP contribution in [0.15, 0.2) is 16.0 Å². The average molecular weight is 311 g/mol. The zero-order valence-electron chi connectivity index (χ0n) is 14.0. The number of aryl methyl sites for hydroxylation is 1. The third-order valence-electron chi connectivity index (χ3n) is 3.35. The van der Waals surface area contributed by atoms with E-state index in [4.69, 9.17) is 0 Å². The molecule has 1 atom stereocenters. The second kappa shape index (κ2) is 8.59. The van der Waals surface area contributed by atoms with Crippen LogP contribution >= 0.6 is 11.8 Å². The fraction of sp³-hybridized carbons (Fsp3) is 0.750. The number of hydrogen-bond acceptors (Lipinski definition) is 4. The van der Waals surface area contributed by atoms with Gasteiger partial charge in [0.25, 0.3) is 5.56 Å². The highest BCUT2D eigenvalue weighted by molar-refractivity contribution is 7.99. The quantitative estimate of drug-likeness (QED) is 0.571. The first-order valence-electron chi connectivity index (χ1n) is 7.83. The van der Waals surface area contributed by atoms with Crippen molar-refractivity contribution in [2.45, 2.75) is 65.1 Å². The average Bonchev–Trinajstić information content (AvgIpc) is 2.37. The molecule has 120 valence electrons. The molecule has 0 aromatic carbocycles. The summed E-state index contributed by atoms with van der Waals surface area (Å²) in [6.45, 7) is 12.0. The van der Waals surface area contributed by atoms with Gasteiger partial charge in [0.1, 0.15) is 0 Å². The number of nitrogens with one attached hydrogen (secondary N) is 2. The number of aromatic nitrogens is 2. The maximum atomic E-state index is 11.7. The van der Waals surface area contributed by atoms with Crippen molar-refractivity contribution in [3.05, 3.63) is 22.1 Å². The zero-order valence-corrected chi connectivity index (χ0v) is 14.8. The molecular formula is C16H29N3OS. The van der Waals surface area contributed by atoms with Gasteiger partial charge in [0.05, 0.1) is 0 Å². The lowest BCUT2D eigenvalue weighted by molar-refractivity contribution is 0.291. The molecule has 0 aliphatic carbocycles. The van der Waals surface area contributed by atoms with Crippen molar-refractivity contribution in [3.63, 3.8) is 0 Å². The molecule has 0 aliphatic heterocycles. The molecule has 0 fully saturated rings. The Morgan fingerprint density at radius 2 is 2.05 bits per heavy atom. The standard InChI is InChI=1S/C16H29N3OS/c1-6-8-12-10-14(20)19-15(18-12)21-11-13(16(3,4)5)17-9-7-2/h10,13,17H,6-9,11H2,1-5H3,(H,18,19,20). The topological polar surface area (TPSA) is 57.8 Å². The van der Waals surface area contributed by atoms with Crippen LogP contribution < -0.4 is 10.9 Å². The van der Waals surface area contributed by atoms with Crippen LogP contribution in [0.25, 0.3) is 0 Å². The van der Waals surface area contributed by atoms with Gasteiger partial charge in [-0.15, -0.1) is 0 Å². The third kappa shape index (κ3) is 6.66. The van der Waals surface area contributed by atoms with Crippen LogP contribution in [0.5, 0.6) is 0 Å². The normalized spacial score (nSPS) is 13.4. The Hall–Kier alpha value is -0.810. The lowest BCUT2D eigenvalue weighted by Crippen LogP contribution is -2.42. The molecule has 0 saturated heterocycles. The Morgan fingerprint density at radius 3 is 2.62 bits per heavy atom. The lowest BCUT2D eigenvalue weighted by Gasteiger charge is -2.31. The predicted octanol–water partition coefficient (Wildman–Crippen LogP) is 3.23. The maximum absolute atomic E-state index is 11.7. The minimum Gasteiger partial charge on any atom is -0.313 e. The van der Waals surface area contributed by atoms with E-state index in [9.17, 15) is 4.79 Å². The first kappa shape index (κ1) is 18.2. The Balaban J connectivity index is 2.73. The number of nitrogens with zero attached hydrogens (tertiary/aromatic N) is 1. The molecule has 0 bridgehead atoms. The summed E-state index contributed by atoms with van der Waals surface area (Å²) in [4.78, 5) is 19.0. The van der Waals surface area contributed by atoms with E-state index >= 15 is 0 Å². The number of aromatic amines is 1. The van der Waals surface area contributed by atoms with Gasteiger partial charge in [0.15, 0.2) is 5.16 Å². The fourth-order valence-corrected chi connectivity index (χ4v) is 3.33. The molecule has 0 aliphatic rings. The van der Waals surface area contributed by atoms with Gasteiger partial charge in [0.2, 0.25) is 0 Å². The summed E-state index contributed by atoms with van der Waals surface area (Å²) in [5.74, 6) is 0.905. The molecule has 1 rings (SSSR count). The largest absolute Gasteiger partial charge is 0.313 e. The maximum Gasteiger partial charge on any atom is 0.251 e. The SMILES string of the molecule is CCCNC(CSc1nc(CCC)cc(=O)[nH]1)C(C)(C)C. The summed E-state index contributed by atoms with van der Waals surface area (Å²) in [5, 5.41) is 4.33. The van der Waals surface area contributed by atoms with Crippen molar-refractivity contribution >= 4 is 11.8 Å². The van der Waals surface area contributed by atoms with Crippen LogP contribution in [0, 0.1) is 5.41 Å². The monoisotopic (exact) mass is 311 g/mol. The Morgan fingerprint density at radius 1 is 1.33 bits per heavy atom. The van der Waals surface area contributed by atoms with Crippen molar-refractivity contribution in [1.82, 2.24) is 15.3 Å². The molecule has 0 radical (unpaired) electrons. The van der Waals surface area contributed by atoms with E-state index in [0.717, 1.165) is 42.4 Å². The molecule has 2 N–H and O–H groups in total. The summed E-state index contributed by atoms with van der Waals surface area (Å²) < 4.78 is 0. The smallest absolute Gasteiger partial charge is 0.251 e. The van der Waals surface area contributed by atoms with E-state index < -0.39 is 0 Å². The Labute approximate surface area is 132 Å². The van der Waals surface area contributed by atoms with Crippen LogP contribution in [0.4, 0.5) is 0 Å². The molecule has 1 aromatic heterocycles. The first-order valence-corrected chi connectivity index (χ1v) is 8.81. The minimum atomic E-state index is -0.0511. The van der Waals surface area contributed by atoms with E-state index in [1.54, 1.807) is 17.8 Å². The predicted molar refractivity (Wildman–Crippen MR) is 91.1 cm³/mol. The first-order chi connectivity index (χ1) is 9.86. The van der Waals surface area contributed by atoms with Crippen molar-refractivity contribution in [1.29, 1.82) is 0 Å². The van der Waals surface area contributed by atoms with Crippen molar-refractivity contribution in [3.8, 4) is 0 Å². The highest BCUT2D eigenvalue weighted by Gasteiger charge is 2.24. The minimum absolute atomic E-state index is 0.0511. The molecule has 0 spiro atoms. The second-order valence-electron chi connectivity index (χ2n) is 6.48. The number of thioether (sulfide) groups is 1. The van der Waals surface area contributed by atoms with Gasteiger partial charge in [-0.25, -0.2) is 4.98 Å². The molecule has 1 aromatic rings. The van der Waals surface area contributed by atoms with Crippen molar-refractivity contribution < 1.29 is 0 Å². The van der Waals surface area contributed by atoms with Gasteiger partial charge in [-0.1, -0.05) is 52.8 Å². The highest BCUT2D eigenvalue weighted by atomic mass is 32.2. The Bertz CT molecular complexity index is 479. The summed E-state index contributed by atoms with van der Waals surface area (Å²) >= 11 is 1.63. The van der Waals surface area contributed by atoms with Crippen LogP contribution in [0.3, 0.4) is 0 Å². The van der Waals surface area contributed by atoms with E-state index in [0.29, 0.717) is 6.04 Å². The summed E-state index contributed by atoms with van der Waals surface area (Å²) in [7, 11) is 0. The van der Waals surface area contributed by atoms with Gasteiger partial charge in [0, 0.05) is 23.6 Å². The number of rotatable bonds is 8. The number of hydrogen-bond donors (Lipinski definition) is 2. The Kier molecular flexibility index (Phi) is 7.46. The van der Waals surface area contributed by atoms with Gasteiger partial charge in [-0.2, -0.15) is 0 Å².